The van der Waals surface area contributed by atoms with Crippen molar-refractivity contribution in [2.75, 3.05) is 0 Å². The molecule has 0 radical (unpaired) electrons. The van der Waals surface area contributed by atoms with E-state index in [0.717, 1.165) is 25.1 Å². The number of nitrogens with zero attached hydrogens (tertiary/aromatic N) is 1. The Hall–Kier alpha value is -1.75. The third-order valence-corrected chi connectivity index (χ3v) is 5.48. The summed E-state index contributed by atoms with van der Waals surface area (Å²) in [5, 5.41) is -0.348. The van der Waals surface area contributed by atoms with Gasteiger partial charge in [-0.1, -0.05) is 11.6 Å². The van der Waals surface area contributed by atoms with Crippen molar-refractivity contribution in [1.82, 2.24) is 14.6 Å². The molecule has 0 bridgehead atoms. The fraction of sp³-hybridized carbons (Fsp3) is 0.0909. The SMILES string of the molecule is CC(=O)NNS(=O)(=O)c1cc2ccc(=O)n(P(=O)(O)O)c2cc1Cl. The van der Waals surface area contributed by atoms with Gasteiger partial charge in [0.2, 0.25) is 5.91 Å². The number of nitrogens with one attached hydrogen (secondary N) is 2. The van der Waals surface area contributed by atoms with Gasteiger partial charge in [-0.05, 0) is 18.2 Å². The average molecular weight is 396 g/mol. The van der Waals surface area contributed by atoms with Gasteiger partial charge in [-0.2, -0.15) is 0 Å². The Balaban J connectivity index is 2.73. The molecular formula is C11H11ClN3O7PS. The summed E-state index contributed by atoms with van der Waals surface area (Å²) in [7, 11) is -9.21. The molecule has 0 fully saturated rings. The second-order valence-electron chi connectivity index (χ2n) is 4.62. The van der Waals surface area contributed by atoms with Crippen molar-refractivity contribution in [2.45, 2.75) is 11.8 Å². The molecule has 2 rings (SSSR count). The monoisotopic (exact) mass is 395 g/mol. The van der Waals surface area contributed by atoms with E-state index in [1.165, 1.54) is 6.07 Å². The van der Waals surface area contributed by atoms with Crippen LogP contribution in [-0.2, 0) is 19.4 Å². The van der Waals surface area contributed by atoms with Gasteiger partial charge in [0.1, 0.15) is 4.90 Å². The second-order valence-corrected chi connectivity index (χ2v) is 8.11. The highest BCUT2D eigenvalue weighted by Gasteiger charge is 2.24. The van der Waals surface area contributed by atoms with Crippen molar-refractivity contribution in [2.24, 2.45) is 0 Å². The summed E-state index contributed by atoms with van der Waals surface area (Å²) in [5.74, 6) is -0.661. The van der Waals surface area contributed by atoms with E-state index in [2.05, 4.69) is 0 Å². The van der Waals surface area contributed by atoms with E-state index in [1.54, 1.807) is 4.83 Å². The van der Waals surface area contributed by atoms with E-state index >= 15 is 0 Å². The summed E-state index contributed by atoms with van der Waals surface area (Å²) < 4.78 is 35.9. The van der Waals surface area contributed by atoms with Gasteiger partial charge in [0, 0.05) is 18.4 Å². The summed E-state index contributed by atoms with van der Waals surface area (Å²) in [5.41, 5.74) is 0.679. The number of sulfonamides is 1. The first-order chi connectivity index (χ1) is 10.9. The number of halogens is 1. The number of rotatable bonds is 4. The molecule has 130 valence electrons. The van der Waals surface area contributed by atoms with Crippen LogP contribution in [0.3, 0.4) is 0 Å². The van der Waals surface area contributed by atoms with Crippen LogP contribution in [0, 0.1) is 0 Å². The van der Waals surface area contributed by atoms with Gasteiger partial charge in [-0.15, -0.1) is 4.83 Å². The maximum atomic E-state index is 12.1. The van der Waals surface area contributed by atoms with Crippen molar-refractivity contribution >= 4 is 46.2 Å². The van der Waals surface area contributed by atoms with Crippen LogP contribution in [0.1, 0.15) is 6.92 Å². The second kappa shape index (κ2) is 6.28. The highest BCUT2D eigenvalue weighted by Crippen LogP contribution is 2.39. The normalized spacial score (nSPS) is 12.3. The molecular weight excluding hydrogens is 385 g/mol. The zero-order valence-corrected chi connectivity index (χ0v) is 14.4. The molecule has 1 amide bonds. The highest BCUT2D eigenvalue weighted by atomic mass is 35.5. The molecule has 0 spiro atoms. The summed E-state index contributed by atoms with van der Waals surface area (Å²) in [6.45, 7) is 1.09. The van der Waals surface area contributed by atoms with Crippen LogP contribution in [0.4, 0.5) is 0 Å². The first-order valence-corrected chi connectivity index (χ1v) is 9.56. The van der Waals surface area contributed by atoms with Crippen LogP contribution in [0.2, 0.25) is 5.02 Å². The summed E-state index contributed by atoms with van der Waals surface area (Å²) in [4.78, 5) is 42.4. The van der Waals surface area contributed by atoms with Gasteiger partial charge < -0.3 is 9.79 Å². The quantitative estimate of drug-likeness (QED) is 0.417. The standard InChI is InChI=1S/C11H11ClN3O7PS/c1-6(16)13-14-24(21,22)10-4-7-2-3-11(17)15(23(18,19)20)9(7)5-8(10)12/h2-5,14H,1H3,(H,13,16)(H2,18,19,20). The summed E-state index contributed by atoms with van der Waals surface area (Å²) in [6, 6.07) is 4.04. The third-order valence-electron chi connectivity index (χ3n) is 2.84. The molecule has 1 aromatic carbocycles. The number of aromatic nitrogens is 1. The van der Waals surface area contributed by atoms with Crippen LogP contribution in [-0.4, -0.2) is 28.4 Å². The van der Waals surface area contributed by atoms with Gasteiger partial charge in [0.25, 0.3) is 15.6 Å². The Morgan fingerprint density at radius 3 is 2.46 bits per heavy atom. The lowest BCUT2D eigenvalue weighted by Crippen LogP contribution is -2.40. The van der Waals surface area contributed by atoms with Crippen molar-refractivity contribution in [1.29, 1.82) is 0 Å². The van der Waals surface area contributed by atoms with E-state index < -0.39 is 39.2 Å². The fourth-order valence-corrected chi connectivity index (χ4v) is 4.12. The molecule has 0 atom stereocenters. The number of carbonyl (C=O) groups is 1. The number of pyridine rings is 1. The van der Waals surface area contributed by atoms with E-state index in [-0.39, 0.29) is 15.2 Å². The predicted octanol–water partition coefficient (Wildman–Crippen LogP) is -0.0749. The third kappa shape index (κ3) is 3.66. The van der Waals surface area contributed by atoms with Crippen molar-refractivity contribution < 1.29 is 27.6 Å². The Morgan fingerprint density at radius 2 is 1.92 bits per heavy atom. The first-order valence-electron chi connectivity index (χ1n) is 6.13. The van der Waals surface area contributed by atoms with Crippen LogP contribution >= 0.6 is 19.3 Å². The van der Waals surface area contributed by atoms with Gasteiger partial charge in [-0.3, -0.25) is 15.0 Å². The average Bonchev–Trinajstić information content (AvgIpc) is 2.42. The molecule has 24 heavy (non-hydrogen) atoms. The molecule has 4 N–H and O–H groups in total. The molecule has 0 aliphatic carbocycles. The van der Waals surface area contributed by atoms with E-state index in [9.17, 15) is 32.4 Å². The fourth-order valence-electron chi connectivity index (χ4n) is 1.89. The maximum absolute atomic E-state index is 12.1. The van der Waals surface area contributed by atoms with Crippen LogP contribution in [0.5, 0.6) is 0 Å². The van der Waals surface area contributed by atoms with Crippen LogP contribution in [0.15, 0.2) is 34.0 Å². The minimum absolute atomic E-state index is 0.0468. The summed E-state index contributed by atoms with van der Waals surface area (Å²) in [6.07, 6.45) is 0. The number of carbonyl (C=O) groups excluding carboxylic acids is 1. The Morgan fingerprint density at radius 1 is 1.29 bits per heavy atom. The minimum Gasteiger partial charge on any atom is -0.308 e. The number of hydrogen-bond donors (Lipinski definition) is 4. The summed E-state index contributed by atoms with van der Waals surface area (Å²) >= 11 is 5.88. The molecule has 0 aliphatic heterocycles. The number of amides is 1. The minimum atomic E-state index is -4.98. The Bertz CT molecular complexity index is 1040. The Kier molecular flexibility index (Phi) is 4.86. The number of benzene rings is 1. The first kappa shape index (κ1) is 18.6. The molecule has 2 aromatic rings. The lowest BCUT2D eigenvalue weighted by Gasteiger charge is -2.14. The molecule has 0 saturated carbocycles. The van der Waals surface area contributed by atoms with E-state index in [1.807, 2.05) is 5.43 Å². The maximum Gasteiger partial charge on any atom is 0.437 e. The van der Waals surface area contributed by atoms with Crippen molar-refractivity contribution in [3.05, 3.63) is 39.6 Å². The zero-order valence-electron chi connectivity index (χ0n) is 11.9. The highest BCUT2D eigenvalue weighted by molar-refractivity contribution is 7.89. The van der Waals surface area contributed by atoms with Crippen LogP contribution in [0.25, 0.3) is 10.9 Å². The molecule has 10 nitrogen and oxygen atoms in total. The number of fused-ring (bicyclic) bond motifs is 1. The van der Waals surface area contributed by atoms with Crippen molar-refractivity contribution in [3.8, 4) is 0 Å². The zero-order chi connectivity index (χ0) is 18.3. The molecule has 0 saturated heterocycles. The number of hydrogen-bond acceptors (Lipinski definition) is 5. The van der Waals surface area contributed by atoms with E-state index in [4.69, 9.17) is 11.6 Å². The predicted molar refractivity (Wildman–Crippen MR) is 84.8 cm³/mol. The molecule has 13 heteroatoms. The van der Waals surface area contributed by atoms with Crippen LogP contribution < -0.4 is 15.8 Å². The molecule has 0 unspecified atom stereocenters. The lowest BCUT2D eigenvalue weighted by atomic mass is 10.2. The van der Waals surface area contributed by atoms with Crippen molar-refractivity contribution in [3.63, 3.8) is 0 Å². The largest absolute Gasteiger partial charge is 0.437 e. The number of hydrazine groups is 1. The Labute approximate surface area is 140 Å². The van der Waals surface area contributed by atoms with Gasteiger partial charge in [-0.25, -0.2) is 17.3 Å². The smallest absolute Gasteiger partial charge is 0.308 e. The van der Waals surface area contributed by atoms with Gasteiger partial charge >= 0.3 is 7.75 Å². The molecule has 1 heterocycles. The van der Waals surface area contributed by atoms with Gasteiger partial charge in [0.05, 0.1) is 10.5 Å². The van der Waals surface area contributed by atoms with E-state index in [0.29, 0.717) is 0 Å². The molecule has 0 aliphatic rings. The molecule has 1 aromatic heterocycles. The van der Waals surface area contributed by atoms with Gasteiger partial charge in [0.15, 0.2) is 0 Å². The lowest BCUT2D eigenvalue weighted by molar-refractivity contribution is -0.119. The topological polar surface area (TPSA) is 155 Å².